The number of hydrogen-bond acceptors (Lipinski definition) is 6. The van der Waals surface area contributed by atoms with Gasteiger partial charge in [0.2, 0.25) is 5.91 Å². The van der Waals surface area contributed by atoms with Crippen molar-refractivity contribution in [3.8, 4) is 5.75 Å². The average molecular weight is 428 g/mol. The average Bonchev–Trinajstić information content (AvgIpc) is 2.76. The van der Waals surface area contributed by atoms with Crippen LogP contribution in [0.5, 0.6) is 5.75 Å². The minimum atomic E-state index is -0.690. The van der Waals surface area contributed by atoms with Gasteiger partial charge in [0.05, 0.1) is 12.6 Å². The molecule has 5 N–H and O–H groups in total. The Kier molecular flexibility index (Phi) is 7.90. The number of anilines is 1. The van der Waals surface area contributed by atoms with Gasteiger partial charge >= 0.3 is 0 Å². The van der Waals surface area contributed by atoms with Gasteiger partial charge in [-0.15, -0.1) is 0 Å². The van der Waals surface area contributed by atoms with Crippen LogP contribution >= 0.6 is 0 Å². The summed E-state index contributed by atoms with van der Waals surface area (Å²) < 4.78 is 0. The first kappa shape index (κ1) is 23.1. The van der Waals surface area contributed by atoms with E-state index < -0.39 is 6.10 Å². The van der Waals surface area contributed by atoms with Crippen LogP contribution in [0.15, 0.2) is 36.4 Å². The number of benzene rings is 2. The van der Waals surface area contributed by atoms with E-state index in [9.17, 15) is 15.0 Å². The Hall–Kier alpha value is -2.61. The van der Waals surface area contributed by atoms with Crippen molar-refractivity contribution >= 4 is 11.6 Å². The molecule has 0 aromatic heterocycles. The maximum atomic E-state index is 11.8. The number of likely N-dealkylation sites (N-methyl/N-ethyl adjacent to an activating group) is 1. The number of aromatic hydroxyl groups is 1. The van der Waals surface area contributed by atoms with Crippen LogP contribution in [-0.2, 0) is 24.1 Å². The molecule has 0 saturated heterocycles. The summed E-state index contributed by atoms with van der Waals surface area (Å²) in [5.74, 6) is 0.168. The summed E-state index contributed by atoms with van der Waals surface area (Å²) in [4.78, 5) is 13.4. The summed E-state index contributed by atoms with van der Waals surface area (Å²) >= 11 is 0. The van der Waals surface area contributed by atoms with Gasteiger partial charge in [-0.2, -0.15) is 0 Å². The molecular weight excluding hydrogens is 394 g/mol. The van der Waals surface area contributed by atoms with Crippen LogP contribution in [-0.4, -0.2) is 66.0 Å². The normalized spacial score (nSPS) is 16.5. The number of rotatable bonds is 9. The second kappa shape index (κ2) is 10.6. The molecule has 0 aliphatic heterocycles. The lowest BCUT2D eigenvalue weighted by molar-refractivity contribution is -0.126. The fraction of sp³-hybridized carbons (Fsp3) is 0.458. The Bertz CT molecular complexity index is 900. The second-order valence-electron chi connectivity index (χ2n) is 8.35. The van der Waals surface area contributed by atoms with Crippen molar-refractivity contribution < 1.29 is 20.1 Å². The van der Waals surface area contributed by atoms with Crippen molar-refractivity contribution in [2.75, 3.05) is 39.1 Å². The van der Waals surface area contributed by atoms with Crippen molar-refractivity contribution in [3.63, 3.8) is 0 Å². The summed E-state index contributed by atoms with van der Waals surface area (Å²) in [6, 6.07) is 11.6. The van der Waals surface area contributed by atoms with Crippen LogP contribution in [0.3, 0.4) is 0 Å². The maximum Gasteiger partial charge on any atom is 0.241 e. The molecule has 168 valence electrons. The predicted molar refractivity (Wildman–Crippen MR) is 121 cm³/mol. The molecule has 7 nitrogen and oxygen atoms in total. The molecule has 1 amide bonds. The number of amides is 1. The summed E-state index contributed by atoms with van der Waals surface area (Å²) in [6.45, 7) is 0.635. The topological polar surface area (TPSA) is 105 Å². The van der Waals surface area contributed by atoms with E-state index in [1.165, 1.54) is 11.1 Å². The van der Waals surface area contributed by atoms with Gasteiger partial charge in [-0.3, -0.25) is 4.79 Å². The molecule has 0 bridgehead atoms. The number of aliphatic hydroxyl groups excluding tert-OH is 2. The third-order valence-corrected chi connectivity index (χ3v) is 5.85. The van der Waals surface area contributed by atoms with E-state index in [4.69, 9.17) is 5.11 Å². The molecule has 2 aromatic carbocycles. The first-order valence-electron chi connectivity index (χ1n) is 10.8. The second-order valence-corrected chi connectivity index (χ2v) is 8.35. The fourth-order valence-corrected chi connectivity index (χ4v) is 3.91. The zero-order chi connectivity index (χ0) is 22.4. The van der Waals surface area contributed by atoms with E-state index in [1.807, 2.05) is 6.07 Å². The van der Waals surface area contributed by atoms with Crippen LogP contribution < -0.4 is 10.6 Å². The first-order chi connectivity index (χ1) is 14.9. The lowest BCUT2D eigenvalue weighted by Gasteiger charge is -2.27. The van der Waals surface area contributed by atoms with E-state index in [-0.39, 0.29) is 30.9 Å². The first-order valence-corrected chi connectivity index (χ1v) is 10.8. The molecule has 1 aliphatic carbocycles. The molecule has 3 rings (SSSR count). The Morgan fingerprint density at radius 1 is 1.19 bits per heavy atom. The molecule has 2 aromatic rings. The number of nitrogens with zero attached hydrogens (tertiary/aromatic N) is 1. The van der Waals surface area contributed by atoms with Crippen molar-refractivity contribution in [3.05, 3.63) is 58.7 Å². The molecule has 31 heavy (non-hydrogen) atoms. The third-order valence-electron chi connectivity index (χ3n) is 5.85. The van der Waals surface area contributed by atoms with Gasteiger partial charge in [0.15, 0.2) is 0 Å². The summed E-state index contributed by atoms with van der Waals surface area (Å²) in [7, 11) is 3.49. The van der Waals surface area contributed by atoms with Crippen LogP contribution in [0.25, 0.3) is 0 Å². The van der Waals surface area contributed by atoms with Crippen molar-refractivity contribution in [2.45, 2.75) is 37.8 Å². The molecule has 0 radical (unpaired) electrons. The van der Waals surface area contributed by atoms with E-state index >= 15 is 0 Å². The molecule has 0 spiro atoms. The molecular formula is C24H33N3O4. The van der Waals surface area contributed by atoms with Crippen molar-refractivity contribution in [1.29, 1.82) is 0 Å². The highest BCUT2D eigenvalue weighted by Crippen LogP contribution is 2.26. The number of phenols is 1. The molecule has 7 heteroatoms. The summed E-state index contributed by atoms with van der Waals surface area (Å²) in [5.41, 5.74) is 4.89. The Morgan fingerprint density at radius 3 is 2.74 bits per heavy atom. The maximum absolute atomic E-state index is 11.8. The lowest BCUT2D eigenvalue weighted by atomic mass is 9.87. The summed E-state index contributed by atoms with van der Waals surface area (Å²) in [5, 5.41) is 36.2. The highest BCUT2D eigenvalue weighted by Gasteiger charge is 2.20. The van der Waals surface area contributed by atoms with E-state index in [0.717, 1.165) is 30.5 Å². The highest BCUT2D eigenvalue weighted by atomic mass is 16.3. The van der Waals surface area contributed by atoms with Crippen molar-refractivity contribution in [1.82, 2.24) is 10.2 Å². The number of fused-ring (bicyclic) bond motifs is 1. The number of aliphatic hydroxyl groups is 2. The van der Waals surface area contributed by atoms with E-state index in [2.05, 4.69) is 22.8 Å². The lowest BCUT2D eigenvalue weighted by Crippen LogP contribution is -2.37. The minimum Gasteiger partial charge on any atom is -0.508 e. The smallest absolute Gasteiger partial charge is 0.241 e. The summed E-state index contributed by atoms with van der Waals surface area (Å²) in [6.07, 6.45) is 2.50. The SMILES string of the molecule is CN(C)C(=O)CNc1ccc2c(c1)C[C@@H](NC[C@H](O)c1ccc(O)c(CCO)c1)CC2. The monoisotopic (exact) mass is 427 g/mol. The molecule has 1 aliphatic rings. The Balaban J connectivity index is 1.56. The number of carbonyl (C=O) groups excluding carboxylic acids is 1. The van der Waals surface area contributed by atoms with Gasteiger partial charge in [0.1, 0.15) is 5.75 Å². The number of phenolic OH excluding ortho intramolecular Hbond substituents is 1. The predicted octanol–water partition coefficient (Wildman–Crippen LogP) is 1.61. The van der Waals surface area contributed by atoms with Crippen LogP contribution in [0.1, 0.15) is 34.8 Å². The van der Waals surface area contributed by atoms with Crippen molar-refractivity contribution in [2.24, 2.45) is 0 Å². The molecule has 0 saturated carbocycles. The highest BCUT2D eigenvalue weighted by molar-refractivity contribution is 5.80. The van der Waals surface area contributed by atoms with Gasteiger partial charge in [0, 0.05) is 39.0 Å². The minimum absolute atomic E-state index is 0.0302. The third kappa shape index (κ3) is 6.19. The van der Waals surface area contributed by atoms with Crippen LogP contribution in [0, 0.1) is 0 Å². The number of aryl methyl sites for hydroxylation is 1. The molecule has 2 atom stereocenters. The Labute approximate surface area is 183 Å². The largest absolute Gasteiger partial charge is 0.508 e. The van der Waals surface area contributed by atoms with Crippen LogP contribution in [0.4, 0.5) is 5.69 Å². The van der Waals surface area contributed by atoms with Gasteiger partial charge in [-0.1, -0.05) is 12.1 Å². The zero-order valence-electron chi connectivity index (χ0n) is 18.3. The number of nitrogens with one attached hydrogen (secondary N) is 2. The number of carbonyl (C=O) groups is 1. The fourth-order valence-electron chi connectivity index (χ4n) is 3.91. The van der Waals surface area contributed by atoms with Gasteiger partial charge in [-0.05, 0) is 72.2 Å². The van der Waals surface area contributed by atoms with E-state index in [0.29, 0.717) is 18.5 Å². The Morgan fingerprint density at radius 2 is 2.00 bits per heavy atom. The van der Waals surface area contributed by atoms with E-state index in [1.54, 1.807) is 37.2 Å². The van der Waals surface area contributed by atoms with Gasteiger partial charge in [-0.25, -0.2) is 0 Å². The molecule has 0 heterocycles. The van der Waals surface area contributed by atoms with Crippen LogP contribution in [0.2, 0.25) is 0 Å². The molecule has 0 fully saturated rings. The standard InChI is InChI=1S/C24H33N3O4/c1-27(2)24(31)15-26-21-7-4-16-3-6-20(12-19(16)13-21)25-14-23(30)17-5-8-22(29)18(11-17)9-10-28/h4-5,7-8,11,13,20,23,25-26,28-30H,3,6,9-10,12,14-15H2,1-2H3/t20-,23-/m0/s1. The molecule has 0 unspecified atom stereocenters. The van der Waals surface area contributed by atoms with Gasteiger partial charge in [0.25, 0.3) is 0 Å². The number of hydrogen-bond donors (Lipinski definition) is 5. The zero-order valence-corrected chi connectivity index (χ0v) is 18.3. The van der Waals surface area contributed by atoms with Gasteiger partial charge < -0.3 is 30.9 Å². The quantitative estimate of drug-likeness (QED) is 0.416.